The van der Waals surface area contributed by atoms with Gasteiger partial charge in [-0.2, -0.15) is 0 Å². The Morgan fingerprint density at radius 3 is 2.11 bits per heavy atom. The lowest BCUT2D eigenvalue weighted by molar-refractivity contribution is 0.272. The van der Waals surface area contributed by atoms with Crippen LogP contribution in [0.4, 0.5) is 0 Å². The quantitative estimate of drug-likeness (QED) is 0.202. The van der Waals surface area contributed by atoms with E-state index in [9.17, 15) is 0 Å². The monoisotopic (exact) mass is 571 g/mol. The third-order valence-corrected chi connectivity index (χ3v) is 7.33. The van der Waals surface area contributed by atoms with Crippen molar-refractivity contribution in [1.29, 1.82) is 0 Å². The predicted octanol–water partition coefficient (Wildman–Crippen LogP) is 7.21. The molecule has 0 spiro atoms. The third kappa shape index (κ3) is 5.86. The van der Waals surface area contributed by atoms with Crippen molar-refractivity contribution in [3.8, 4) is 23.0 Å². The van der Waals surface area contributed by atoms with Crippen LogP contribution < -0.4 is 18.9 Å². The smallest absolute Gasteiger partial charge is 0.203 e. The number of ether oxygens (including phenoxy) is 4. The Labute approximate surface area is 232 Å². The van der Waals surface area contributed by atoms with E-state index in [4.69, 9.17) is 23.9 Å². The summed E-state index contributed by atoms with van der Waals surface area (Å²) in [5.41, 5.74) is 6.43. The molecule has 0 aliphatic carbocycles. The summed E-state index contributed by atoms with van der Waals surface area (Å²) in [6.07, 6.45) is 1.41. The first-order valence-electron chi connectivity index (χ1n) is 12.6. The van der Waals surface area contributed by atoms with Gasteiger partial charge in [0.25, 0.3) is 0 Å². The standard InChI is InChI=1S/C32H30BrNO4/c1-35-30-19-27-26(31(32(30)36-2)38-21-23-11-7-4-8-12-23)15-16-34-29(27)18-24-17-25(13-14-28(24)33)37-20-22-9-5-3-6-10-22/h3-14,17,19H,15-16,18,20-21H2,1-2H3. The zero-order valence-corrected chi connectivity index (χ0v) is 23.2. The summed E-state index contributed by atoms with van der Waals surface area (Å²) in [6.45, 7) is 1.64. The van der Waals surface area contributed by atoms with Crippen LogP contribution in [0.25, 0.3) is 0 Å². The molecule has 4 aromatic rings. The number of halogens is 1. The molecule has 5 nitrogen and oxygen atoms in total. The Balaban J connectivity index is 1.43. The average Bonchev–Trinajstić information content (AvgIpc) is 2.97. The van der Waals surface area contributed by atoms with E-state index in [0.717, 1.165) is 55.9 Å². The van der Waals surface area contributed by atoms with E-state index in [1.165, 1.54) is 0 Å². The SMILES string of the molecule is COc1cc2c(c(OCc3ccccc3)c1OC)CCN=C2Cc1cc(OCc2ccccc2)ccc1Br. The van der Waals surface area contributed by atoms with Gasteiger partial charge in [-0.25, -0.2) is 0 Å². The number of hydrogen-bond donors (Lipinski definition) is 0. The van der Waals surface area contributed by atoms with Gasteiger partial charge in [0.15, 0.2) is 11.5 Å². The number of methoxy groups -OCH3 is 2. The molecule has 0 N–H and O–H groups in total. The number of hydrogen-bond acceptors (Lipinski definition) is 5. The molecular formula is C32H30BrNO4. The predicted molar refractivity (Wildman–Crippen MR) is 154 cm³/mol. The number of aliphatic imine (C=N–C) groups is 1. The summed E-state index contributed by atoms with van der Waals surface area (Å²) in [5, 5.41) is 0. The fourth-order valence-electron chi connectivity index (χ4n) is 4.62. The molecule has 5 rings (SSSR count). The highest BCUT2D eigenvalue weighted by atomic mass is 79.9. The van der Waals surface area contributed by atoms with Crippen LogP contribution in [0.2, 0.25) is 0 Å². The molecule has 4 aromatic carbocycles. The van der Waals surface area contributed by atoms with Gasteiger partial charge in [-0.1, -0.05) is 76.6 Å². The fraction of sp³-hybridized carbons (Fsp3) is 0.219. The van der Waals surface area contributed by atoms with Crippen LogP contribution in [0, 0.1) is 0 Å². The van der Waals surface area contributed by atoms with E-state index in [0.29, 0.717) is 37.7 Å². The first kappa shape index (κ1) is 25.9. The molecule has 1 aliphatic heterocycles. The summed E-state index contributed by atoms with van der Waals surface area (Å²) < 4.78 is 25.0. The molecule has 0 aromatic heterocycles. The van der Waals surface area contributed by atoms with Crippen molar-refractivity contribution in [3.63, 3.8) is 0 Å². The Kier molecular flexibility index (Phi) is 8.29. The van der Waals surface area contributed by atoms with Gasteiger partial charge < -0.3 is 18.9 Å². The second-order valence-corrected chi connectivity index (χ2v) is 9.88. The molecule has 0 radical (unpaired) electrons. The summed E-state index contributed by atoms with van der Waals surface area (Å²) in [4.78, 5) is 4.92. The maximum absolute atomic E-state index is 6.38. The maximum atomic E-state index is 6.38. The Bertz CT molecular complexity index is 1420. The minimum Gasteiger partial charge on any atom is -0.493 e. The van der Waals surface area contributed by atoms with Crippen molar-refractivity contribution in [3.05, 3.63) is 117 Å². The van der Waals surface area contributed by atoms with Gasteiger partial charge in [-0.15, -0.1) is 0 Å². The van der Waals surface area contributed by atoms with E-state index in [1.807, 2.05) is 54.6 Å². The highest BCUT2D eigenvalue weighted by Crippen LogP contribution is 2.44. The van der Waals surface area contributed by atoms with E-state index < -0.39 is 0 Å². The van der Waals surface area contributed by atoms with Gasteiger partial charge in [0.1, 0.15) is 19.0 Å². The van der Waals surface area contributed by atoms with Crippen molar-refractivity contribution in [2.75, 3.05) is 20.8 Å². The minimum absolute atomic E-state index is 0.440. The van der Waals surface area contributed by atoms with Crippen molar-refractivity contribution in [2.45, 2.75) is 26.1 Å². The van der Waals surface area contributed by atoms with Crippen molar-refractivity contribution < 1.29 is 18.9 Å². The van der Waals surface area contributed by atoms with Crippen LogP contribution in [0.1, 0.15) is 27.8 Å². The molecule has 1 aliphatic rings. The molecule has 0 atom stereocenters. The lowest BCUT2D eigenvalue weighted by Gasteiger charge is -2.24. The molecule has 1 heterocycles. The third-order valence-electron chi connectivity index (χ3n) is 6.55. The van der Waals surface area contributed by atoms with Crippen LogP contribution >= 0.6 is 15.9 Å². The van der Waals surface area contributed by atoms with E-state index in [-0.39, 0.29) is 0 Å². The number of benzene rings is 4. The van der Waals surface area contributed by atoms with Gasteiger partial charge >= 0.3 is 0 Å². The molecule has 0 amide bonds. The molecule has 0 saturated heterocycles. The van der Waals surface area contributed by atoms with Crippen LogP contribution in [0.3, 0.4) is 0 Å². The van der Waals surface area contributed by atoms with Gasteiger partial charge in [0.2, 0.25) is 5.75 Å². The lowest BCUT2D eigenvalue weighted by atomic mass is 9.92. The lowest BCUT2D eigenvalue weighted by Crippen LogP contribution is -2.18. The highest BCUT2D eigenvalue weighted by molar-refractivity contribution is 9.10. The Morgan fingerprint density at radius 1 is 0.763 bits per heavy atom. The van der Waals surface area contributed by atoms with E-state index >= 15 is 0 Å². The van der Waals surface area contributed by atoms with Crippen LogP contribution in [0.5, 0.6) is 23.0 Å². The fourth-order valence-corrected chi connectivity index (χ4v) is 5.01. The van der Waals surface area contributed by atoms with Crippen molar-refractivity contribution in [1.82, 2.24) is 0 Å². The van der Waals surface area contributed by atoms with Crippen molar-refractivity contribution in [2.24, 2.45) is 4.99 Å². The summed E-state index contributed by atoms with van der Waals surface area (Å²) in [6, 6.07) is 28.4. The van der Waals surface area contributed by atoms with E-state index in [1.54, 1.807) is 14.2 Å². The van der Waals surface area contributed by atoms with Gasteiger partial charge in [0, 0.05) is 34.3 Å². The second-order valence-electron chi connectivity index (χ2n) is 9.02. The molecule has 6 heteroatoms. The number of nitrogens with zero attached hydrogens (tertiary/aromatic N) is 1. The van der Waals surface area contributed by atoms with Crippen LogP contribution in [-0.2, 0) is 26.1 Å². The summed E-state index contributed by atoms with van der Waals surface area (Å²) in [5.74, 6) is 2.78. The van der Waals surface area contributed by atoms with Crippen LogP contribution in [0.15, 0.2) is 94.4 Å². The summed E-state index contributed by atoms with van der Waals surface area (Å²) >= 11 is 3.73. The van der Waals surface area contributed by atoms with Gasteiger partial charge in [0.05, 0.1) is 14.2 Å². The molecular weight excluding hydrogens is 542 g/mol. The molecule has 38 heavy (non-hydrogen) atoms. The average molecular weight is 572 g/mol. The number of rotatable bonds is 10. The van der Waals surface area contributed by atoms with Gasteiger partial charge in [-0.05, 0) is 47.4 Å². The Hall–Kier alpha value is -3.77. The topological polar surface area (TPSA) is 49.3 Å². The highest BCUT2D eigenvalue weighted by Gasteiger charge is 2.26. The zero-order valence-electron chi connectivity index (χ0n) is 21.6. The summed E-state index contributed by atoms with van der Waals surface area (Å²) in [7, 11) is 3.30. The first-order chi connectivity index (χ1) is 18.7. The molecule has 0 saturated carbocycles. The number of fused-ring (bicyclic) bond motifs is 1. The normalized spacial score (nSPS) is 12.3. The zero-order chi connectivity index (χ0) is 26.3. The first-order valence-corrected chi connectivity index (χ1v) is 13.4. The van der Waals surface area contributed by atoms with Crippen LogP contribution in [-0.4, -0.2) is 26.5 Å². The maximum Gasteiger partial charge on any atom is 0.203 e. The van der Waals surface area contributed by atoms with E-state index in [2.05, 4.69) is 46.3 Å². The van der Waals surface area contributed by atoms with Crippen molar-refractivity contribution >= 4 is 21.6 Å². The molecule has 0 bridgehead atoms. The largest absolute Gasteiger partial charge is 0.493 e. The molecule has 0 fully saturated rings. The van der Waals surface area contributed by atoms with Gasteiger partial charge in [-0.3, -0.25) is 4.99 Å². The molecule has 0 unspecified atom stereocenters. The Morgan fingerprint density at radius 2 is 1.45 bits per heavy atom. The second kappa shape index (κ2) is 12.2. The molecule has 194 valence electrons. The minimum atomic E-state index is 0.440.